The zero-order valence-electron chi connectivity index (χ0n) is 8.83. The van der Waals surface area contributed by atoms with Crippen molar-refractivity contribution in [3.05, 3.63) is 35.4 Å². The molecule has 0 heterocycles. The fourth-order valence-corrected chi connectivity index (χ4v) is 1.54. The first-order valence-electron chi connectivity index (χ1n) is 4.70. The molecule has 0 bridgehead atoms. The third-order valence-corrected chi connectivity index (χ3v) is 2.22. The Labute approximate surface area is 80.4 Å². The number of benzene rings is 1. The van der Waals surface area contributed by atoms with E-state index in [4.69, 9.17) is 0 Å². The van der Waals surface area contributed by atoms with E-state index < -0.39 is 0 Å². The Hall–Kier alpha value is -0.820. The van der Waals surface area contributed by atoms with E-state index in [1.165, 1.54) is 5.56 Å². The minimum atomic E-state index is -0.379. The van der Waals surface area contributed by atoms with Gasteiger partial charge in [0, 0.05) is 0 Å². The molecule has 1 rings (SSSR count). The van der Waals surface area contributed by atoms with Crippen molar-refractivity contribution in [2.45, 2.75) is 39.2 Å². The van der Waals surface area contributed by atoms with Gasteiger partial charge in [-0.25, -0.2) is 0 Å². The molecule has 72 valence electrons. The molecule has 0 amide bonds. The van der Waals surface area contributed by atoms with Crippen molar-refractivity contribution >= 4 is 0 Å². The summed E-state index contributed by atoms with van der Waals surface area (Å²) in [6.07, 6.45) is -0.379. The lowest BCUT2D eigenvalue weighted by Gasteiger charge is -2.23. The van der Waals surface area contributed by atoms with Crippen molar-refractivity contribution in [2.75, 3.05) is 0 Å². The van der Waals surface area contributed by atoms with Gasteiger partial charge < -0.3 is 5.11 Å². The Morgan fingerprint density at radius 2 is 1.69 bits per heavy atom. The second kappa shape index (κ2) is 3.51. The molecule has 0 saturated heterocycles. The first-order valence-corrected chi connectivity index (χ1v) is 4.70. The van der Waals surface area contributed by atoms with Crippen LogP contribution in [0.5, 0.6) is 0 Å². The molecule has 1 heteroatoms. The molecule has 0 saturated carbocycles. The second-order valence-electron chi connectivity index (χ2n) is 4.51. The van der Waals surface area contributed by atoms with Gasteiger partial charge in [-0.05, 0) is 23.5 Å². The average molecular weight is 178 g/mol. The van der Waals surface area contributed by atoms with E-state index in [-0.39, 0.29) is 11.5 Å². The maximum absolute atomic E-state index is 9.57. The van der Waals surface area contributed by atoms with Crippen molar-refractivity contribution in [2.24, 2.45) is 0 Å². The van der Waals surface area contributed by atoms with Gasteiger partial charge in [0.2, 0.25) is 0 Å². The smallest absolute Gasteiger partial charge is 0.0764 e. The van der Waals surface area contributed by atoms with Crippen molar-refractivity contribution in [3.8, 4) is 0 Å². The van der Waals surface area contributed by atoms with Crippen LogP contribution in [0.1, 0.15) is 44.9 Å². The lowest BCUT2D eigenvalue weighted by atomic mass is 9.82. The summed E-state index contributed by atoms with van der Waals surface area (Å²) in [6.45, 7) is 8.29. The number of aliphatic hydroxyl groups is 1. The van der Waals surface area contributed by atoms with Gasteiger partial charge in [0.1, 0.15) is 0 Å². The Morgan fingerprint density at radius 3 is 2.08 bits per heavy atom. The van der Waals surface area contributed by atoms with E-state index in [1.807, 2.05) is 25.1 Å². The van der Waals surface area contributed by atoms with Gasteiger partial charge in [0.25, 0.3) is 0 Å². The molecular formula is C12H18O. The fraction of sp³-hybridized carbons (Fsp3) is 0.500. The first kappa shape index (κ1) is 10.3. The number of hydrogen-bond acceptors (Lipinski definition) is 1. The predicted octanol–water partition coefficient (Wildman–Crippen LogP) is 3.04. The Morgan fingerprint density at radius 1 is 1.15 bits per heavy atom. The van der Waals surface area contributed by atoms with E-state index in [2.05, 4.69) is 26.8 Å². The minimum absolute atomic E-state index is 0.105. The molecule has 0 aromatic heterocycles. The van der Waals surface area contributed by atoms with Crippen LogP contribution in [0.2, 0.25) is 0 Å². The molecule has 0 aliphatic carbocycles. The fourth-order valence-electron chi connectivity index (χ4n) is 1.54. The molecule has 1 N–H and O–H groups in total. The van der Waals surface area contributed by atoms with Crippen molar-refractivity contribution < 1.29 is 5.11 Å². The summed E-state index contributed by atoms with van der Waals surface area (Å²) >= 11 is 0. The van der Waals surface area contributed by atoms with Gasteiger partial charge in [0.05, 0.1) is 6.10 Å². The summed E-state index contributed by atoms with van der Waals surface area (Å²) in [4.78, 5) is 0. The van der Waals surface area contributed by atoms with Crippen molar-refractivity contribution in [3.63, 3.8) is 0 Å². The maximum Gasteiger partial charge on any atom is 0.0764 e. The van der Waals surface area contributed by atoms with Crippen LogP contribution in [-0.2, 0) is 5.41 Å². The lowest BCUT2D eigenvalue weighted by Crippen LogP contribution is -2.15. The van der Waals surface area contributed by atoms with Crippen LogP contribution in [0.4, 0.5) is 0 Å². The van der Waals surface area contributed by atoms with Crippen LogP contribution < -0.4 is 0 Å². The summed E-state index contributed by atoms with van der Waals surface area (Å²) in [5.41, 5.74) is 2.37. The molecule has 0 spiro atoms. The van der Waals surface area contributed by atoms with E-state index in [1.54, 1.807) is 0 Å². The number of hydrogen-bond donors (Lipinski definition) is 1. The number of aliphatic hydroxyl groups excluding tert-OH is 1. The monoisotopic (exact) mass is 178 g/mol. The van der Waals surface area contributed by atoms with Gasteiger partial charge >= 0.3 is 0 Å². The van der Waals surface area contributed by atoms with Gasteiger partial charge in [-0.15, -0.1) is 0 Å². The third-order valence-electron chi connectivity index (χ3n) is 2.22. The molecule has 13 heavy (non-hydrogen) atoms. The van der Waals surface area contributed by atoms with Crippen LogP contribution in [0.3, 0.4) is 0 Å². The largest absolute Gasteiger partial charge is 0.389 e. The van der Waals surface area contributed by atoms with E-state index in [9.17, 15) is 5.11 Å². The van der Waals surface area contributed by atoms with E-state index in [0.717, 1.165) is 5.56 Å². The summed E-state index contributed by atoms with van der Waals surface area (Å²) < 4.78 is 0. The van der Waals surface area contributed by atoms with Gasteiger partial charge in [0.15, 0.2) is 0 Å². The van der Waals surface area contributed by atoms with Crippen LogP contribution >= 0.6 is 0 Å². The van der Waals surface area contributed by atoms with Crippen LogP contribution in [0.15, 0.2) is 24.3 Å². The molecule has 0 unspecified atom stereocenters. The highest BCUT2D eigenvalue weighted by molar-refractivity contribution is 5.33. The lowest BCUT2D eigenvalue weighted by molar-refractivity contribution is 0.196. The van der Waals surface area contributed by atoms with Crippen molar-refractivity contribution in [1.82, 2.24) is 0 Å². The quantitative estimate of drug-likeness (QED) is 0.700. The zero-order valence-corrected chi connectivity index (χ0v) is 8.83. The maximum atomic E-state index is 9.57. The summed E-state index contributed by atoms with van der Waals surface area (Å²) in [5, 5.41) is 9.57. The van der Waals surface area contributed by atoms with Crippen LogP contribution in [-0.4, -0.2) is 5.11 Å². The van der Waals surface area contributed by atoms with E-state index >= 15 is 0 Å². The highest BCUT2D eigenvalue weighted by Gasteiger charge is 2.18. The third kappa shape index (κ3) is 2.31. The Balaban J connectivity index is 3.20. The van der Waals surface area contributed by atoms with Gasteiger partial charge in [-0.1, -0.05) is 45.0 Å². The normalized spacial score (nSPS) is 14.2. The van der Waals surface area contributed by atoms with Gasteiger partial charge in [-0.3, -0.25) is 0 Å². The molecule has 1 aromatic rings. The molecule has 0 fully saturated rings. The second-order valence-corrected chi connectivity index (χ2v) is 4.51. The Kier molecular flexibility index (Phi) is 2.77. The molecule has 1 atom stereocenters. The van der Waals surface area contributed by atoms with Crippen molar-refractivity contribution in [1.29, 1.82) is 0 Å². The molecule has 0 radical (unpaired) electrons. The minimum Gasteiger partial charge on any atom is -0.389 e. The standard InChI is InChI=1S/C12H18O/c1-9(13)10-7-5-6-8-11(10)12(2,3)4/h5-9,13H,1-4H3/t9-/m0/s1. The average Bonchev–Trinajstić information content (AvgIpc) is 2.03. The summed E-state index contributed by atoms with van der Waals surface area (Å²) in [5.74, 6) is 0. The van der Waals surface area contributed by atoms with Crippen LogP contribution in [0, 0.1) is 0 Å². The van der Waals surface area contributed by atoms with Crippen LogP contribution in [0.25, 0.3) is 0 Å². The Bertz CT molecular complexity index is 281. The molecular weight excluding hydrogens is 160 g/mol. The summed E-state index contributed by atoms with van der Waals surface area (Å²) in [7, 11) is 0. The summed E-state index contributed by atoms with van der Waals surface area (Å²) in [6, 6.07) is 8.07. The topological polar surface area (TPSA) is 20.2 Å². The van der Waals surface area contributed by atoms with Gasteiger partial charge in [-0.2, -0.15) is 0 Å². The molecule has 0 aliphatic heterocycles. The predicted molar refractivity (Wildman–Crippen MR) is 55.8 cm³/mol. The molecule has 1 aromatic carbocycles. The highest BCUT2D eigenvalue weighted by atomic mass is 16.3. The zero-order chi connectivity index (χ0) is 10.1. The molecule has 1 nitrogen and oxygen atoms in total. The molecule has 0 aliphatic rings. The highest BCUT2D eigenvalue weighted by Crippen LogP contribution is 2.29. The first-order chi connectivity index (χ1) is 5.93. The van der Waals surface area contributed by atoms with E-state index in [0.29, 0.717) is 0 Å². The SMILES string of the molecule is C[C@H](O)c1ccccc1C(C)(C)C. The number of rotatable bonds is 1.